The maximum Gasteiger partial charge on any atom is 2.00 e. The standard InChI is InChI=1S/2C22H30O5S.Ca/c2*1-2-3-4-5-6-7-8-12-15-19-21(28(24,25)26)17-16-20(23)22(19)27-18-13-10-9-11-14-18;/h2*9-11,13-14,16-17,23H,2-8,12,15H2,1H3,(H,24,25,26);/q;;+2/p-2. The van der Waals surface area contributed by atoms with Gasteiger partial charge >= 0.3 is 37.7 Å². The van der Waals surface area contributed by atoms with E-state index in [1.807, 2.05) is 12.1 Å². The second-order valence-corrected chi connectivity index (χ2v) is 16.7. The second kappa shape index (κ2) is 27.0. The Morgan fingerprint density at radius 1 is 0.526 bits per heavy atom. The molecule has 0 spiro atoms. The van der Waals surface area contributed by atoms with E-state index in [4.69, 9.17) is 9.47 Å². The number of para-hydroxylation sites is 2. The van der Waals surface area contributed by atoms with Gasteiger partial charge in [0.1, 0.15) is 32.3 Å². The largest absolute Gasteiger partial charge is 2.00 e. The van der Waals surface area contributed by atoms with Crippen molar-refractivity contribution in [2.45, 2.75) is 139 Å². The van der Waals surface area contributed by atoms with Gasteiger partial charge in [0.2, 0.25) is 0 Å². The van der Waals surface area contributed by atoms with Crippen molar-refractivity contribution in [3.05, 3.63) is 96.1 Å². The van der Waals surface area contributed by atoms with Crippen LogP contribution in [0.25, 0.3) is 0 Å². The molecule has 0 saturated heterocycles. The Balaban J connectivity index is 0.000000387. The van der Waals surface area contributed by atoms with Crippen molar-refractivity contribution in [3.8, 4) is 34.5 Å². The summed E-state index contributed by atoms with van der Waals surface area (Å²) in [5, 5.41) is 22.6. The Morgan fingerprint density at radius 2 is 0.912 bits per heavy atom. The van der Waals surface area contributed by atoms with Gasteiger partial charge in [-0.1, -0.05) is 152 Å². The van der Waals surface area contributed by atoms with Crippen molar-refractivity contribution < 1.29 is 45.6 Å². The summed E-state index contributed by atoms with van der Waals surface area (Å²) in [4.78, 5) is -0.569. The molecular formula is C44H58CaO10S2. The number of unbranched alkanes of at least 4 members (excludes halogenated alkanes) is 14. The Morgan fingerprint density at radius 3 is 1.33 bits per heavy atom. The first kappa shape index (κ1) is 50.3. The molecule has 0 aromatic heterocycles. The molecule has 4 rings (SSSR count). The monoisotopic (exact) mass is 850 g/mol. The van der Waals surface area contributed by atoms with Crippen LogP contribution in [0.2, 0.25) is 0 Å². The molecule has 0 aliphatic rings. The van der Waals surface area contributed by atoms with E-state index in [9.17, 15) is 36.2 Å². The van der Waals surface area contributed by atoms with Gasteiger partial charge in [0.05, 0.1) is 4.90 Å². The molecule has 4 aromatic carbocycles. The number of aromatic hydroxyl groups is 1. The maximum atomic E-state index is 12.3. The fourth-order valence-corrected chi connectivity index (χ4v) is 7.92. The number of hydrogen-bond donors (Lipinski definition) is 2. The molecule has 0 amide bonds. The van der Waals surface area contributed by atoms with Crippen LogP contribution in [0.3, 0.4) is 0 Å². The molecule has 0 unspecified atom stereocenters. The molecule has 0 saturated carbocycles. The number of phenolic OH excluding ortho intramolecular Hbond substituents is 1. The van der Waals surface area contributed by atoms with Gasteiger partial charge in [-0.3, -0.25) is 4.55 Å². The van der Waals surface area contributed by atoms with Gasteiger partial charge in [-0.2, -0.15) is 8.42 Å². The van der Waals surface area contributed by atoms with Crippen LogP contribution in [0.5, 0.6) is 34.5 Å². The average molecular weight is 851 g/mol. The van der Waals surface area contributed by atoms with Crippen LogP contribution < -0.4 is 14.6 Å². The number of phenols is 1. The Bertz CT molecular complexity index is 1810. The third-order valence-corrected chi connectivity index (χ3v) is 11.3. The first-order chi connectivity index (χ1) is 26.9. The molecule has 13 heteroatoms. The zero-order valence-corrected chi connectivity index (χ0v) is 37.3. The Labute approximate surface area is 370 Å². The summed E-state index contributed by atoms with van der Waals surface area (Å²) in [5.74, 6) is 0.367. The summed E-state index contributed by atoms with van der Waals surface area (Å²) in [7, 11) is -9.11. The summed E-state index contributed by atoms with van der Waals surface area (Å²) < 4.78 is 79.8. The quantitative estimate of drug-likeness (QED) is 0.0392. The minimum absolute atomic E-state index is 0. The molecule has 10 nitrogen and oxygen atoms in total. The van der Waals surface area contributed by atoms with E-state index in [0.29, 0.717) is 36.3 Å². The van der Waals surface area contributed by atoms with Gasteiger partial charge in [-0.05, 0) is 68.1 Å². The van der Waals surface area contributed by atoms with Crippen molar-refractivity contribution in [1.29, 1.82) is 0 Å². The minimum atomic E-state index is -4.69. The molecule has 0 aliphatic heterocycles. The summed E-state index contributed by atoms with van der Waals surface area (Å²) in [6.45, 7) is 4.37. The number of hydrogen-bond acceptors (Lipinski definition) is 9. The minimum Gasteiger partial charge on any atom is -0.870 e. The van der Waals surface area contributed by atoms with Crippen molar-refractivity contribution in [2.24, 2.45) is 0 Å². The van der Waals surface area contributed by atoms with E-state index >= 15 is 0 Å². The van der Waals surface area contributed by atoms with Crippen molar-refractivity contribution in [2.75, 3.05) is 0 Å². The third kappa shape index (κ3) is 18.3. The van der Waals surface area contributed by atoms with E-state index in [0.717, 1.165) is 50.7 Å². The molecular weight excluding hydrogens is 793 g/mol. The van der Waals surface area contributed by atoms with Gasteiger partial charge in [-0.25, -0.2) is 8.42 Å². The predicted molar refractivity (Wildman–Crippen MR) is 223 cm³/mol. The normalized spacial score (nSPS) is 11.3. The molecule has 0 heterocycles. The van der Waals surface area contributed by atoms with Crippen LogP contribution in [0.1, 0.15) is 128 Å². The molecule has 4 aromatic rings. The van der Waals surface area contributed by atoms with Gasteiger partial charge in [0, 0.05) is 11.1 Å². The molecule has 0 aliphatic carbocycles. The van der Waals surface area contributed by atoms with E-state index in [1.54, 1.807) is 48.5 Å². The molecule has 2 N–H and O–H groups in total. The molecule has 0 radical (unpaired) electrons. The fraction of sp³-hybridized carbons (Fsp3) is 0.455. The van der Waals surface area contributed by atoms with Crippen LogP contribution in [-0.4, -0.2) is 68.8 Å². The van der Waals surface area contributed by atoms with E-state index in [1.165, 1.54) is 69.9 Å². The van der Waals surface area contributed by atoms with Gasteiger partial charge in [-0.15, -0.1) is 0 Å². The van der Waals surface area contributed by atoms with Crippen LogP contribution in [0.4, 0.5) is 0 Å². The van der Waals surface area contributed by atoms with Gasteiger partial charge < -0.3 is 24.2 Å². The number of rotatable bonds is 24. The second-order valence-electron chi connectivity index (χ2n) is 14.0. The fourth-order valence-electron chi connectivity index (χ4n) is 6.44. The first-order valence-electron chi connectivity index (χ1n) is 19.9. The topological polar surface area (TPSA) is 173 Å². The van der Waals surface area contributed by atoms with Crippen molar-refractivity contribution >= 4 is 58.0 Å². The van der Waals surface area contributed by atoms with E-state index in [2.05, 4.69) is 13.8 Å². The molecule has 308 valence electrons. The van der Waals surface area contributed by atoms with Gasteiger partial charge in [0.15, 0.2) is 11.5 Å². The Kier molecular flexibility index (Phi) is 23.8. The SMILES string of the molecule is CCCCCCCCCCc1c(S(=O)(=O)O)ccc(O)c1Oc1ccccc1.CCCCCCCCCCc1c(S(=O)(=O)[O-])ccc([O-])c1Oc1ccccc1.[Ca+2]. The number of benzene rings is 4. The summed E-state index contributed by atoms with van der Waals surface area (Å²) in [6, 6.07) is 22.2. The average Bonchev–Trinajstić information content (AvgIpc) is 3.16. The summed E-state index contributed by atoms with van der Waals surface area (Å²) in [5.41, 5.74) is 0.509. The molecule has 0 atom stereocenters. The summed E-state index contributed by atoms with van der Waals surface area (Å²) >= 11 is 0. The van der Waals surface area contributed by atoms with Gasteiger partial charge in [0.25, 0.3) is 10.1 Å². The van der Waals surface area contributed by atoms with Crippen molar-refractivity contribution in [3.63, 3.8) is 0 Å². The molecule has 0 fully saturated rings. The van der Waals surface area contributed by atoms with Crippen molar-refractivity contribution in [1.82, 2.24) is 0 Å². The van der Waals surface area contributed by atoms with Crippen LogP contribution in [0.15, 0.2) is 94.7 Å². The van der Waals surface area contributed by atoms with Crippen LogP contribution in [0, 0.1) is 0 Å². The Hall–Kier alpha value is -2.84. The number of ether oxygens (including phenoxy) is 2. The zero-order valence-electron chi connectivity index (χ0n) is 33.5. The van der Waals surface area contributed by atoms with E-state index < -0.39 is 26.0 Å². The maximum absolute atomic E-state index is 12.3. The predicted octanol–water partition coefficient (Wildman–Crippen LogP) is 10.9. The van der Waals surface area contributed by atoms with Crippen LogP contribution in [-0.2, 0) is 33.1 Å². The molecule has 0 bridgehead atoms. The van der Waals surface area contributed by atoms with E-state index in [-0.39, 0.29) is 70.3 Å². The third-order valence-electron chi connectivity index (χ3n) is 9.41. The molecule has 57 heavy (non-hydrogen) atoms. The smallest absolute Gasteiger partial charge is 0.870 e. The summed E-state index contributed by atoms with van der Waals surface area (Å²) in [6.07, 6.45) is 18.4. The van der Waals surface area contributed by atoms with Crippen LogP contribution >= 0.6 is 0 Å². The zero-order chi connectivity index (χ0) is 40.8. The first-order valence-corrected chi connectivity index (χ1v) is 22.8.